The number of nitrogens with one attached hydrogen (secondary N) is 1. The number of nitrogens with zero attached hydrogens (tertiary/aromatic N) is 2. The summed E-state index contributed by atoms with van der Waals surface area (Å²) in [6.07, 6.45) is 1.45. The Morgan fingerprint density at radius 1 is 1.39 bits per heavy atom. The molecule has 0 aliphatic heterocycles. The maximum atomic E-state index is 11.9. The summed E-state index contributed by atoms with van der Waals surface area (Å²) in [4.78, 5) is 30.8. The molecule has 0 saturated heterocycles. The molecule has 1 rings (SSSR count). The lowest BCUT2D eigenvalue weighted by atomic mass is 9.94. The molecule has 0 bridgehead atoms. The molecule has 1 amide bonds. The SMILES string of the molecule is Cc1ncc(C(=O)NCC(C)(C)C(=O)O)c(C)n1. The molecule has 6 heteroatoms. The maximum absolute atomic E-state index is 11.9. The van der Waals surface area contributed by atoms with Crippen LogP contribution in [0.4, 0.5) is 0 Å². The van der Waals surface area contributed by atoms with Crippen molar-refractivity contribution in [3.05, 3.63) is 23.3 Å². The molecule has 0 saturated carbocycles. The number of aromatic nitrogens is 2. The van der Waals surface area contributed by atoms with Crippen molar-refractivity contribution in [3.8, 4) is 0 Å². The molecule has 0 radical (unpaired) electrons. The Morgan fingerprint density at radius 3 is 2.50 bits per heavy atom. The van der Waals surface area contributed by atoms with Gasteiger partial charge in [-0.15, -0.1) is 0 Å². The van der Waals surface area contributed by atoms with Gasteiger partial charge in [0.05, 0.1) is 16.7 Å². The summed E-state index contributed by atoms with van der Waals surface area (Å²) >= 11 is 0. The second-order valence-corrected chi connectivity index (χ2v) is 4.79. The molecule has 0 spiro atoms. The quantitative estimate of drug-likeness (QED) is 0.830. The van der Waals surface area contributed by atoms with Gasteiger partial charge in [-0.25, -0.2) is 9.97 Å². The summed E-state index contributed by atoms with van der Waals surface area (Å²) in [7, 11) is 0. The number of aliphatic carboxylic acids is 1. The molecular weight excluding hydrogens is 234 g/mol. The third-order valence-electron chi connectivity index (χ3n) is 2.61. The summed E-state index contributed by atoms with van der Waals surface area (Å²) in [5, 5.41) is 11.5. The normalized spacial score (nSPS) is 11.1. The van der Waals surface area contributed by atoms with E-state index in [4.69, 9.17) is 5.11 Å². The number of rotatable bonds is 4. The third-order valence-corrected chi connectivity index (χ3v) is 2.61. The van der Waals surface area contributed by atoms with Crippen molar-refractivity contribution in [1.82, 2.24) is 15.3 Å². The molecule has 6 nitrogen and oxygen atoms in total. The standard InChI is InChI=1S/C12H17N3O3/c1-7-9(5-13-8(2)15-7)10(16)14-6-12(3,4)11(17)18/h5H,6H2,1-4H3,(H,14,16)(H,17,18). The Bertz CT molecular complexity index is 483. The second-order valence-electron chi connectivity index (χ2n) is 4.79. The van der Waals surface area contributed by atoms with E-state index < -0.39 is 11.4 Å². The molecule has 0 fully saturated rings. The van der Waals surface area contributed by atoms with E-state index in [9.17, 15) is 9.59 Å². The molecule has 0 unspecified atom stereocenters. The van der Waals surface area contributed by atoms with E-state index in [1.807, 2.05) is 0 Å². The first kappa shape index (κ1) is 14.1. The van der Waals surface area contributed by atoms with E-state index in [2.05, 4.69) is 15.3 Å². The average Bonchev–Trinajstić information content (AvgIpc) is 2.25. The molecule has 1 aromatic heterocycles. The minimum atomic E-state index is -1.00. The molecule has 1 heterocycles. The lowest BCUT2D eigenvalue weighted by Gasteiger charge is -2.19. The molecule has 18 heavy (non-hydrogen) atoms. The Morgan fingerprint density at radius 2 is 2.00 bits per heavy atom. The van der Waals surface area contributed by atoms with E-state index in [-0.39, 0.29) is 12.5 Å². The molecule has 0 aliphatic rings. The van der Waals surface area contributed by atoms with E-state index in [0.717, 1.165) is 0 Å². The number of carboxylic acid groups (broad SMARTS) is 1. The minimum absolute atomic E-state index is 0.0501. The van der Waals surface area contributed by atoms with E-state index >= 15 is 0 Å². The number of hydrogen-bond acceptors (Lipinski definition) is 4. The van der Waals surface area contributed by atoms with Gasteiger partial charge in [-0.2, -0.15) is 0 Å². The molecule has 2 N–H and O–H groups in total. The first-order valence-electron chi connectivity index (χ1n) is 5.56. The van der Waals surface area contributed by atoms with Crippen LogP contribution in [0.25, 0.3) is 0 Å². The summed E-state index contributed by atoms with van der Waals surface area (Å²) < 4.78 is 0. The van der Waals surface area contributed by atoms with Gasteiger partial charge in [0.1, 0.15) is 5.82 Å². The molecule has 1 aromatic rings. The molecule has 0 aliphatic carbocycles. The van der Waals surface area contributed by atoms with Crippen molar-refractivity contribution in [2.75, 3.05) is 6.54 Å². The van der Waals surface area contributed by atoms with Crippen LogP contribution in [0.1, 0.15) is 35.7 Å². The summed E-state index contributed by atoms with van der Waals surface area (Å²) in [6, 6.07) is 0. The van der Waals surface area contributed by atoms with Crippen LogP contribution in [-0.4, -0.2) is 33.5 Å². The van der Waals surface area contributed by atoms with Crippen molar-refractivity contribution in [3.63, 3.8) is 0 Å². The van der Waals surface area contributed by atoms with Gasteiger partial charge >= 0.3 is 5.97 Å². The predicted molar refractivity (Wildman–Crippen MR) is 65.3 cm³/mol. The highest BCUT2D eigenvalue weighted by Crippen LogP contribution is 2.13. The van der Waals surface area contributed by atoms with E-state index in [1.165, 1.54) is 6.20 Å². The van der Waals surface area contributed by atoms with E-state index in [1.54, 1.807) is 27.7 Å². The second kappa shape index (κ2) is 5.12. The van der Waals surface area contributed by atoms with Crippen LogP contribution in [0, 0.1) is 19.3 Å². The van der Waals surface area contributed by atoms with Gasteiger partial charge < -0.3 is 10.4 Å². The van der Waals surface area contributed by atoms with Crippen LogP contribution in [-0.2, 0) is 4.79 Å². The fourth-order valence-corrected chi connectivity index (χ4v) is 1.28. The van der Waals surface area contributed by atoms with Crippen molar-refractivity contribution in [2.45, 2.75) is 27.7 Å². The van der Waals surface area contributed by atoms with Gasteiger partial charge in [-0.1, -0.05) is 0 Å². The van der Waals surface area contributed by atoms with Gasteiger partial charge in [-0.05, 0) is 27.7 Å². The predicted octanol–water partition coefficient (Wildman–Crippen LogP) is 0.934. The largest absolute Gasteiger partial charge is 0.481 e. The van der Waals surface area contributed by atoms with Crippen LogP contribution >= 0.6 is 0 Å². The smallest absolute Gasteiger partial charge is 0.310 e. The summed E-state index contributed by atoms with van der Waals surface area (Å²) in [5.74, 6) is -0.726. The third kappa shape index (κ3) is 3.26. The number of hydrogen-bond donors (Lipinski definition) is 2. The van der Waals surface area contributed by atoms with Crippen LogP contribution in [0.2, 0.25) is 0 Å². The molecular formula is C12H17N3O3. The van der Waals surface area contributed by atoms with Gasteiger partial charge in [0.15, 0.2) is 0 Å². The van der Waals surface area contributed by atoms with Crippen LogP contribution < -0.4 is 5.32 Å². The van der Waals surface area contributed by atoms with Gasteiger partial charge in [-0.3, -0.25) is 9.59 Å². The number of carboxylic acids is 1. The highest BCUT2D eigenvalue weighted by Gasteiger charge is 2.28. The molecule has 0 aromatic carbocycles. The Labute approximate surface area is 105 Å². The van der Waals surface area contributed by atoms with Crippen LogP contribution in [0.5, 0.6) is 0 Å². The zero-order valence-corrected chi connectivity index (χ0v) is 10.9. The highest BCUT2D eigenvalue weighted by atomic mass is 16.4. The maximum Gasteiger partial charge on any atom is 0.310 e. The molecule has 0 atom stereocenters. The number of amides is 1. The topological polar surface area (TPSA) is 92.2 Å². The fraction of sp³-hybridized carbons (Fsp3) is 0.500. The lowest BCUT2D eigenvalue weighted by molar-refractivity contribution is -0.146. The number of aryl methyl sites for hydroxylation is 2. The van der Waals surface area contributed by atoms with Crippen LogP contribution in [0.3, 0.4) is 0 Å². The Kier molecular flexibility index (Phi) is 4.00. The zero-order valence-electron chi connectivity index (χ0n) is 10.9. The first-order chi connectivity index (χ1) is 8.24. The first-order valence-corrected chi connectivity index (χ1v) is 5.56. The van der Waals surface area contributed by atoms with Crippen molar-refractivity contribution in [2.24, 2.45) is 5.41 Å². The monoisotopic (exact) mass is 251 g/mol. The van der Waals surface area contributed by atoms with Crippen LogP contribution in [0.15, 0.2) is 6.20 Å². The Balaban J connectivity index is 2.75. The number of carbonyl (C=O) groups is 2. The van der Waals surface area contributed by atoms with Crippen molar-refractivity contribution in [1.29, 1.82) is 0 Å². The van der Waals surface area contributed by atoms with Gasteiger partial charge in [0, 0.05) is 12.7 Å². The average molecular weight is 251 g/mol. The minimum Gasteiger partial charge on any atom is -0.481 e. The fourth-order valence-electron chi connectivity index (χ4n) is 1.28. The van der Waals surface area contributed by atoms with Gasteiger partial charge in [0.2, 0.25) is 0 Å². The highest BCUT2D eigenvalue weighted by molar-refractivity contribution is 5.95. The van der Waals surface area contributed by atoms with Gasteiger partial charge in [0.25, 0.3) is 5.91 Å². The summed E-state index contributed by atoms with van der Waals surface area (Å²) in [5.41, 5.74) is -0.0651. The lowest BCUT2D eigenvalue weighted by Crippen LogP contribution is -2.39. The number of carbonyl (C=O) groups excluding carboxylic acids is 1. The molecule has 98 valence electrons. The zero-order chi connectivity index (χ0) is 13.9. The van der Waals surface area contributed by atoms with Crippen molar-refractivity contribution < 1.29 is 14.7 Å². The van der Waals surface area contributed by atoms with Crippen molar-refractivity contribution >= 4 is 11.9 Å². The summed E-state index contributed by atoms with van der Waals surface area (Å²) in [6.45, 7) is 6.60. The Hall–Kier alpha value is -1.98. The van der Waals surface area contributed by atoms with E-state index in [0.29, 0.717) is 17.1 Å².